The molecule has 2 aromatic carbocycles. The molecule has 5 heterocycles. The molecule has 7 rings (SSSR count). The van der Waals surface area contributed by atoms with Crippen LogP contribution >= 0.6 is 0 Å². The number of ether oxygens (including phenoxy) is 1. The van der Waals surface area contributed by atoms with Gasteiger partial charge in [0, 0.05) is 76.5 Å². The van der Waals surface area contributed by atoms with E-state index in [1.54, 1.807) is 12.4 Å². The van der Waals surface area contributed by atoms with Crippen molar-refractivity contribution in [3.8, 4) is 6.07 Å². The lowest BCUT2D eigenvalue weighted by Gasteiger charge is -2.45. The molecule has 8 heteroatoms. The lowest BCUT2D eigenvalue weighted by atomic mass is 9.99. The lowest BCUT2D eigenvalue weighted by molar-refractivity contribution is -0.0329. The number of hydrogen-bond donors (Lipinski definition) is 0. The largest absolute Gasteiger partial charge is 0.370 e. The number of morpholine rings is 1. The zero-order chi connectivity index (χ0) is 26.3. The van der Waals surface area contributed by atoms with Gasteiger partial charge in [0.15, 0.2) is 0 Å². The lowest BCUT2D eigenvalue weighted by Crippen LogP contribution is -2.54. The number of nitrogens with zero attached hydrogens (tertiary/aromatic N) is 7. The summed E-state index contributed by atoms with van der Waals surface area (Å²) >= 11 is 0. The van der Waals surface area contributed by atoms with Crippen molar-refractivity contribution < 1.29 is 4.74 Å². The summed E-state index contributed by atoms with van der Waals surface area (Å²) in [6, 6.07) is 14.0. The minimum Gasteiger partial charge on any atom is -0.370 e. The molecule has 1 unspecified atom stereocenters. The van der Waals surface area contributed by atoms with Gasteiger partial charge in [-0.05, 0) is 61.7 Å². The van der Waals surface area contributed by atoms with Gasteiger partial charge in [0.05, 0.1) is 23.5 Å². The fraction of sp³-hybridized carbons (Fsp3) is 0.516. The second kappa shape index (κ2) is 10.4. The van der Waals surface area contributed by atoms with Gasteiger partial charge in [0.25, 0.3) is 0 Å². The molecule has 202 valence electrons. The van der Waals surface area contributed by atoms with E-state index in [1.807, 2.05) is 12.1 Å². The minimum atomic E-state index is 0.101. The maximum Gasteiger partial charge on any atom is 0.113 e. The molecule has 0 aliphatic carbocycles. The van der Waals surface area contributed by atoms with Gasteiger partial charge in [-0.25, -0.2) is 0 Å². The number of benzene rings is 2. The predicted molar refractivity (Wildman–Crippen MR) is 153 cm³/mol. The molecule has 0 amide bonds. The molecule has 0 spiro atoms. The second-order valence-corrected chi connectivity index (χ2v) is 11.7. The first kappa shape index (κ1) is 24.8. The molecule has 39 heavy (non-hydrogen) atoms. The Balaban J connectivity index is 1.03. The average molecular weight is 524 g/mol. The van der Waals surface area contributed by atoms with Crippen molar-refractivity contribution in [1.82, 2.24) is 19.8 Å². The number of piperazine rings is 1. The number of aromatic nitrogens is 2. The summed E-state index contributed by atoms with van der Waals surface area (Å²) in [7, 11) is 0. The van der Waals surface area contributed by atoms with Gasteiger partial charge in [0.1, 0.15) is 17.1 Å². The monoisotopic (exact) mass is 523 g/mol. The zero-order valence-electron chi connectivity index (χ0n) is 22.8. The molecule has 4 aliphatic heterocycles. The molecule has 3 aromatic rings. The molecule has 0 N–H and O–H groups in total. The van der Waals surface area contributed by atoms with Crippen molar-refractivity contribution in [1.29, 1.82) is 5.26 Å². The Morgan fingerprint density at radius 3 is 2.69 bits per heavy atom. The van der Waals surface area contributed by atoms with E-state index in [1.165, 1.54) is 55.7 Å². The van der Waals surface area contributed by atoms with Crippen molar-refractivity contribution in [2.45, 2.75) is 57.5 Å². The van der Waals surface area contributed by atoms with Gasteiger partial charge >= 0.3 is 0 Å². The highest BCUT2D eigenvalue weighted by atomic mass is 16.5. The van der Waals surface area contributed by atoms with Crippen LogP contribution in [0.5, 0.6) is 0 Å². The van der Waals surface area contributed by atoms with Crippen molar-refractivity contribution in [3.63, 3.8) is 0 Å². The van der Waals surface area contributed by atoms with Crippen LogP contribution < -0.4 is 9.80 Å². The topological polar surface area (TPSA) is 71.8 Å². The summed E-state index contributed by atoms with van der Waals surface area (Å²) in [6.45, 7) is 11.4. The third-order valence-electron chi connectivity index (χ3n) is 9.03. The van der Waals surface area contributed by atoms with Crippen molar-refractivity contribution in [3.05, 3.63) is 59.4 Å². The number of nitriles is 1. The number of rotatable bonds is 4. The number of anilines is 2. The van der Waals surface area contributed by atoms with E-state index in [2.05, 4.69) is 60.8 Å². The fourth-order valence-corrected chi connectivity index (χ4v) is 7.19. The molecule has 3 atom stereocenters. The predicted octanol–water partition coefficient (Wildman–Crippen LogP) is 3.79. The Hall–Kier alpha value is -3.25. The standard InChI is InChI=1S/C31H37N7O/c1-22-16-38(29-8-6-23(15-32)30-31(29)34-10-9-33-30)21-28(39-22)20-35-17-24-5-7-26(14-25(24)18-35)37-13-12-36-11-3-2-4-27(36)19-37/h5-10,14,22,27-28H,2-4,11-13,16-21H2,1H3/t22-,27?,28+/m0/s1. The van der Waals surface area contributed by atoms with Crippen LogP contribution in [0.25, 0.3) is 11.0 Å². The van der Waals surface area contributed by atoms with Crippen LogP contribution in [0.2, 0.25) is 0 Å². The summed E-state index contributed by atoms with van der Waals surface area (Å²) in [5, 5.41) is 9.53. The summed E-state index contributed by atoms with van der Waals surface area (Å²) in [6.07, 6.45) is 7.66. The number of fused-ring (bicyclic) bond motifs is 3. The van der Waals surface area contributed by atoms with Gasteiger partial charge in [0.2, 0.25) is 0 Å². The van der Waals surface area contributed by atoms with Crippen molar-refractivity contribution in [2.24, 2.45) is 0 Å². The van der Waals surface area contributed by atoms with Gasteiger partial charge in [-0.2, -0.15) is 5.26 Å². The summed E-state index contributed by atoms with van der Waals surface area (Å²) < 4.78 is 6.44. The molecule has 3 fully saturated rings. The van der Waals surface area contributed by atoms with Crippen LogP contribution in [0.1, 0.15) is 42.9 Å². The summed E-state index contributed by atoms with van der Waals surface area (Å²) in [4.78, 5) is 19.3. The zero-order valence-corrected chi connectivity index (χ0v) is 22.8. The van der Waals surface area contributed by atoms with Crippen LogP contribution in [0.3, 0.4) is 0 Å². The number of hydrogen-bond acceptors (Lipinski definition) is 8. The first-order chi connectivity index (χ1) is 19.1. The van der Waals surface area contributed by atoms with Crippen LogP contribution in [-0.2, 0) is 17.8 Å². The van der Waals surface area contributed by atoms with Gasteiger partial charge in [-0.3, -0.25) is 19.8 Å². The Bertz CT molecular complexity index is 1400. The van der Waals surface area contributed by atoms with Crippen molar-refractivity contribution >= 4 is 22.4 Å². The third-order valence-corrected chi connectivity index (χ3v) is 9.03. The van der Waals surface area contributed by atoms with Crippen molar-refractivity contribution in [2.75, 3.05) is 55.6 Å². The Morgan fingerprint density at radius 1 is 0.923 bits per heavy atom. The molecule has 0 radical (unpaired) electrons. The first-order valence-corrected chi connectivity index (χ1v) is 14.5. The van der Waals surface area contributed by atoms with Gasteiger partial charge in [-0.1, -0.05) is 12.5 Å². The van der Waals surface area contributed by atoms with Crippen LogP contribution in [0.15, 0.2) is 42.7 Å². The normalized spacial score (nSPS) is 25.9. The van der Waals surface area contributed by atoms with E-state index in [0.29, 0.717) is 11.1 Å². The first-order valence-electron chi connectivity index (χ1n) is 14.5. The Morgan fingerprint density at radius 2 is 1.79 bits per heavy atom. The molecule has 4 aliphatic rings. The maximum absolute atomic E-state index is 9.53. The highest BCUT2D eigenvalue weighted by Gasteiger charge is 2.32. The number of piperidine rings is 1. The molecule has 8 nitrogen and oxygen atoms in total. The van der Waals surface area contributed by atoms with E-state index in [4.69, 9.17) is 4.74 Å². The van der Waals surface area contributed by atoms with E-state index in [0.717, 1.165) is 56.5 Å². The highest BCUT2D eigenvalue weighted by Crippen LogP contribution is 2.32. The SMILES string of the molecule is C[C@H]1CN(c2ccc(C#N)c3nccnc23)C[C@@H](CN2Cc3ccc(N4CCN5CCCCC5C4)cc3C2)O1. The highest BCUT2D eigenvalue weighted by molar-refractivity contribution is 5.92. The third kappa shape index (κ3) is 4.84. The molecular formula is C31H37N7O. The minimum absolute atomic E-state index is 0.101. The summed E-state index contributed by atoms with van der Waals surface area (Å²) in [5.74, 6) is 0. The maximum atomic E-state index is 9.53. The molecule has 0 saturated carbocycles. The fourth-order valence-electron chi connectivity index (χ4n) is 7.19. The molecular weight excluding hydrogens is 486 g/mol. The second-order valence-electron chi connectivity index (χ2n) is 11.7. The van der Waals surface area contributed by atoms with Crippen LogP contribution in [-0.4, -0.2) is 83.8 Å². The van der Waals surface area contributed by atoms with Crippen LogP contribution in [0, 0.1) is 11.3 Å². The molecule has 0 bridgehead atoms. The smallest absolute Gasteiger partial charge is 0.113 e. The van der Waals surface area contributed by atoms with E-state index < -0.39 is 0 Å². The van der Waals surface area contributed by atoms with Gasteiger partial charge < -0.3 is 14.5 Å². The van der Waals surface area contributed by atoms with E-state index >= 15 is 0 Å². The molecule has 1 aromatic heterocycles. The van der Waals surface area contributed by atoms with Gasteiger partial charge in [-0.15, -0.1) is 0 Å². The summed E-state index contributed by atoms with van der Waals surface area (Å²) in [5.41, 5.74) is 7.36. The molecule has 3 saturated heterocycles. The average Bonchev–Trinajstić information content (AvgIpc) is 3.37. The van der Waals surface area contributed by atoms with E-state index in [9.17, 15) is 5.26 Å². The van der Waals surface area contributed by atoms with Crippen LogP contribution in [0.4, 0.5) is 11.4 Å². The Labute approximate surface area is 230 Å². The quantitative estimate of drug-likeness (QED) is 0.512. The van der Waals surface area contributed by atoms with E-state index in [-0.39, 0.29) is 12.2 Å². The Kier molecular flexibility index (Phi) is 6.59.